The normalized spacial score (nSPS) is 12.1. The third kappa shape index (κ3) is 6.82. The Labute approximate surface area is 339 Å². The molecule has 0 saturated heterocycles. The minimum Gasteiger partial charge on any atom is -0.405 e. The lowest BCUT2D eigenvalue weighted by molar-refractivity contribution is 1.47. The molecule has 9 aromatic carbocycles. The molecule has 9 rings (SSSR count). The van der Waals surface area contributed by atoms with Crippen molar-refractivity contribution in [2.45, 2.75) is 6.92 Å². The van der Waals surface area contributed by atoms with E-state index in [0.717, 1.165) is 44.2 Å². The van der Waals surface area contributed by atoms with Gasteiger partial charge in [0.1, 0.15) is 0 Å². The molecular weight excluding hydrogens is 701 g/mol. The van der Waals surface area contributed by atoms with Crippen molar-refractivity contribution in [2.24, 2.45) is 5.73 Å². The summed E-state index contributed by atoms with van der Waals surface area (Å²) in [5, 5.41) is 18.7. The second-order valence-corrected chi connectivity index (χ2v) is 14.7. The van der Waals surface area contributed by atoms with E-state index in [9.17, 15) is 5.41 Å². The van der Waals surface area contributed by atoms with Gasteiger partial charge in [-0.1, -0.05) is 176 Å². The number of allylic oxidation sites excluding steroid dienone is 6. The minimum absolute atomic E-state index is 0.405. The first-order valence-corrected chi connectivity index (χ1v) is 19.7. The van der Waals surface area contributed by atoms with Crippen LogP contribution >= 0.6 is 0 Å². The van der Waals surface area contributed by atoms with Crippen molar-refractivity contribution in [3.05, 3.63) is 230 Å². The second-order valence-electron chi connectivity index (χ2n) is 14.7. The summed E-state index contributed by atoms with van der Waals surface area (Å²) in [4.78, 5) is 0. The van der Waals surface area contributed by atoms with E-state index in [4.69, 9.17) is 5.73 Å². The monoisotopic (exact) mass is 742 g/mol. The fraction of sp³-hybridized carbons (Fsp3) is 0.0179. The Hall–Kier alpha value is -7.55. The van der Waals surface area contributed by atoms with Crippen LogP contribution < -0.4 is 5.73 Å². The van der Waals surface area contributed by atoms with Crippen molar-refractivity contribution in [1.29, 1.82) is 5.41 Å². The van der Waals surface area contributed by atoms with E-state index in [2.05, 4.69) is 183 Å². The van der Waals surface area contributed by atoms with Crippen molar-refractivity contribution in [2.75, 3.05) is 0 Å². The highest BCUT2D eigenvalue weighted by atomic mass is 14.5. The Morgan fingerprint density at radius 2 is 0.897 bits per heavy atom. The topological polar surface area (TPSA) is 49.9 Å². The molecular formula is C56H42N2. The van der Waals surface area contributed by atoms with Crippen LogP contribution in [-0.4, -0.2) is 5.71 Å². The quantitative estimate of drug-likeness (QED) is 0.0863. The molecule has 0 atom stereocenters. The number of hydrogen-bond donors (Lipinski definition) is 2. The Bertz CT molecular complexity index is 3140. The van der Waals surface area contributed by atoms with Crippen LogP contribution in [0.15, 0.2) is 224 Å². The van der Waals surface area contributed by atoms with Crippen molar-refractivity contribution < 1.29 is 0 Å². The van der Waals surface area contributed by atoms with Gasteiger partial charge in [-0.2, -0.15) is 0 Å². The van der Waals surface area contributed by atoms with Crippen molar-refractivity contribution >= 4 is 48.8 Å². The molecule has 2 heteroatoms. The molecule has 0 saturated carbocycles. The zero-order valence-corrected chi connectivity index (χ0v) is 32.4. The molecule has 0 bridgehead atoms. The predicted octanol–water partition coefficient (Wildman–Crippen LogP) is 14.9. The summed E-state index contributed by atoms with van der Waals surface area (Å²) >= 11 is 0. The number of benzene rings is 9. The summed E-state index contributed by atoms with van der Waals surface area (Å²) < 4.78 is 0. The molecule has 0 spiro atoms. The predicted molar refractivity (Wildman–Crippen MR) is 250 cm³/mol. The van der Waals surface area contributed by atoms with Gasteiger partial charge < -0.3 is 11.1 Å². The molecule has 2 nitrogen and oxygen atoms in total. The fourth-order valence-corrected chi connectivity index (χ4v) is 8.23. The molecule has 0 radical (unpaired) electrons. The molecule has 0 aliphatic rings. The van der Waals surface area contributed by atoms with E-state index in [0.29, 0.717) is 5.71 Å². The molecule has 276 valence electrons. The minimum atomic E-state index is 0.405. The van der Waals surface area contributed by atoms with E-state index in [-0.39, 0.29) is 0 Å². The molecule has 0 unspecified atom stereocenters. The largest absolute Gasteiger partial charge is 0.405 e. The standard InChI is InChI=1S/C56H42N2/c1-3-38(32-33-57)37(2)16-31-54(58)49-29-30-52-53(36-49)56(44-25-19-42(20-26-44)48-28-22-40-11-5-7-13-46(40)35-48)51-15-9-8-14-50(51)55(52)43-23-17-41(18-24-43)47-27-21-39-10-4-6-12-45(39)34-47/h3-36,58H,2,57H2,1H3/b31-16-,33-32-,38-3+,58-54?. The summed E-state index contributed by atoms with van der Waals surface area (Å²) in [5.74, 6) is 0. The zero-order chi connectivity index (χ0) is 39.6. The van der Waals surface area contributed by atoms with Crippen LogP contribution in [0.2, 0.25) is 0 Å². The smallest absolute Gasteiger partial charge is 0.0612 e. The molecule has 0 aromatic heterocycles. The molecule has 0 heterocycles. The van der Waals surface area contributed by atoms with Gasteiger partial charge in [0.15, 0.2) is 0 Å². The maximum atomic E-state index is 9.20. The summed E-state index contributed by atoms with van der Waals surface area (Å²) in [6, 6.07) is 63.4. The van der Waals surface area contributed by atoms with Crippen LogP contribution in [0, 0.1) is 5.41 Å². The van der Waals surface area contributed by atoms with Gasteiger partial charge >= 0.3 is 0 Å². The van der Waals surface area contributed by atoms with E-state index < -0.39 is 0 Å². The number of nitrogens with one attached hydrogen (secondary N) is 1. The van der Waals surface area contributed by atoms with Crippen molar-refractivity contribution in [1.82, 2.24) is 0 Å². The van der Waals surface area contributed by atoms with Gasteiger partial charge in [-0.3, -0.25) is 0 Å². The molecule has 9 aromatic rings. The van der Waals surface area contributed by atoms with E-state index in [1.54, 1.807) is 0 Å². The van der Waals surface area contributed by atoms with Gasteiger partial charge in [-0.25, -0.2) is 0 Å². The lowest BCUT2D eigenvalue weighted by Crippen LogP contribution is -1.97. The maximum absolute atomic E-state index is 9.20. The third-order valence-corrected chi connectivity index (χ3v) is 11.3. The van der Waals surface area contributed by atoms with Crippen molar-refractivity contribution in [3.63, 3.8) is 0 Å². The highest BCUT2D eigenvalue weighted by Crippen LogP contribution is 2.45. The summed E-state index contributed by atoms with van der Waals surface area (Å²) in [6.07, 6.45) is 9.01. The third-order valence-electron chi connectivity index (χ3n) is 11.3. The van der Waals surface area contributed by atoms with Gasteiger partial charge in [0.2, 0.25) is 0 Å². The fourth-order valence-electron chi connectivity index (χ4n) is 8.23. The van der Waals surface area contributed by atoms with Crippen LogP contribution in [0.4, 0.5) is 0 Å². The van der Waals surface area contributed by atoms with Crippen LogP contribution in [0.1, 0.15) is 12.5 Å². The first-order valence-electron chi connectivity index (χ1n) is 19.7. The number of hydrogen-bond acceptors (Lipinski definition) is 2. The Morgan fingerprint density at radius 3 is 1.41 bits per heavy atom. The van der Waals surface area contributed by atoms with Crippen LogP contribution in [0.3, 0.4) is 0 Å². The average Bonchev–Trinajstić information content (AvgIpc) is 3.28. The average molecular weight is 743 g/mol. The lowest BCUT2D eigenvalue weighted by atomic mass is 9.84. The van der Waals surface area contributed by atoms with E-state index in [1.807, 2.05) is 31.2 Å². The maximum Gasteiger partial charge on any atom is 0.0612 e. The molecule has 0 aliphatic carbocycles. The second kappa shape index (κ2) is 15.5. The Morgan fingerprint density at radius 1 is 0.448 bits per heavy atom. The van der Waals surface area contributed by atoms with Gasteiger partial charge in [0.05, 0.1) is 5.71 Å². The van der Waals surface area contributed by atoms with E-state index >= 15 is 0 Å². The molecule has 0 amide bonds. The van der Waals surface area contributed by atoms with Crippen LogP contribution in [-0.2, 0) is 0 Å². The molecule has 58 heavy (non-hydrogen) atoms. The van der Waals surface area contributed by atoms with E-state index in [1.165, 1.54) is 66.3 Å². The molecule has 3 N–H and O–H groups in total. The highest BCUT2D eigenvalue weighted by molar-refractivity contribution is 6.23. The molecule has 0 aliphatic heterocycles. The summed E-state index contributed by atoms with van der Waals surface area (Å²) in [6.45, 7) is 6.17. The number of fused-ring (bicyclic) bond motifs is 4. The Balaban J connectivity index is 1.19. The van der Waals surface area contributed by atoms with Gasteiger partial charge in [-0.05, 0) is 142 Å². The first kappa shape index (κ1) is 36.1. The highest BCUT2D eigenvalue weighted by Gasteiger charge is 2.18. The van der Waals surface area contributed by atoms with Crippen LogP contribution in [0.25, 0.3) is 87.6 Å². The van der Waals surface area contributed by atoms with Crippen molar-refractivity contribution in [3.8, 4) is 44.5 Å². The molecule has 0 fully saturated rings. The van der Waals surface area contributed by atoms with Crippen LogP contribution in [0.5, 0.6) is 0 Å². The zero-order valence-electron chi connectivity index (χ0n) is 32.4. The summed E-state index contributed by atoms with van der Waals surface area (Å²) in [7, 11) is 0. The van der Waals surface area contributed by atoms with Gasteiger partial charge in [-0.15, -0.1) is 0 Å². The van der Waals surface area contributed by atoms with Gasteiger partial charge in [0, 0.05) is 5.56 Å². The number of nitrogens with two attached hydrogens (primary N) is 1. The Kier molecular flexibility index (Phi) is 9.67. The first-order chi connectivity index (χ1) is 28.5. The summed E-state index contributed by atoms with van der Waals surface area (Å²) in [5.41, 5.74) is 18.0. The van der Waals surface area contributed by atoms with Gasteiger partial charge in [0.25, 0.3) is 0 Å². The lowest BCUT2D eigenvalue weighted by Gasteiger charge is -2.19. The SMILES string of the molecule is C=C(/C=C\C(=N)c1ccc2c(-c3ccc(-c4ccc5ccccc5c4)cc3)c3ccccc3c(-c3ccc(-c4ccc5ccccc5c4)cc3)c2c1)C(/C=C\N)=C/C. The number of rotatable bonds is 9.